The van der Waals surface area contributed by atoms with E-state index in [0.717, 1.165) is 32.4 Å². The molecule has 2 aliphatic heterocycles. The van der Waals surface area contributed by atoms with E-state index < -0.39 is 0 Å². The van der Waals surface area contributed by atoms with E-state index in [1.165, 1.54) is 12.8 Å². The molecule has 3 heterocycles. The van der Waals surface area contributed by atoms with Crippen LogP contribution < -0.4 is 5.32 Å². The smallest absolute Gasteiger partial charge is 0.272 e. The molecule has 1 aromatic heterocycles. The van der Waals surface area contributed by atoms with Gasteiger partial charge in [-0.3, -0.25) is 9.48 Å². The predicted octanol–water partition coefficient (Wildman–Crippen LogP) is 1.56. The molecule has 3 rings (SSSR count). The van der Waals surface area contributed by atoms with Crippen molar-refractivity contribution in [3.8, 4) is 0 Å². The van der Waals surface area contributed by atoms with Gasteiger partial charge in [0, 0.05) is 31.4 Å². The summed E-state index contributed by atoms with van der Waals surface area (Å²) in [5.41, 5.74) is 0.765. The molecule has 5 heteroatoms. The minimum atomic E-state index is 0.0724. The molecule has 1 aromatic rings. The largest absolute Gasteiger partial charge is 0.332 e. The minimum Gasteiger partial charge on any atom is -0.332 e. The van der Waals surface area contributed by atoms with Gasteiger partial charge in [-0.05, 0) is 45.2 Å². The van der Waals surface area contributed by atoms with Crippen LogP contribution in [0.2, 0.25) is 0 Å². The Hall–Kier alpha value is -1.36. The fraction of sp³-hybridized carbons (Fsp3) is 0.733. The summed E-state index contributed by atoms with van der Waals surface area (Å²) >= 11 is 0. The van der Waals surface area contributed by atoms with Crippen LogP contribution in [0.15, 0.2) is 12.3 Å². The highest BCUT2D eigenvalue weighted by molar-refractivity contribution is 5.92. The summed E-state index contributed by atoms with van der Waals surface area (Å²) in [6.45, 7) is 4.22. The van der Waals surface area contributed by atoms with Gasteiger partial charge in [0.1, 0.15) is 5.69 Å². The number of hydrogen-bond donors (Lipinski definition) is 1. The molecule has 2 aliphatic rings. The normalized spacial score (nSPS) is 30.7. The van der Waals surface area contributed by atoms with Crippen molar-refractivity contribution < 1.29 is 4.79 Å². The van der Waals surface area contributed by atoms with Gasteiger partial charge in [-0.1, -0.05) is 6.42 Å². The van der Waals surface area contributed by atoms with E-state index >= 15 is 0 Å². The molecule has 2 saturated heterocycles. The minimum absolute atomic E-state index is 0.0724. The second-order valence-corrected chi connectivity index (χ2v) is 6.30. The summed E-state index contributed by atoms with van der Waals surface area (Å²) in [6.07, 6.45) is 7.44. The molecule has 20 heavy (non-hydrogen) atoms. The molecule has 0 aliphatic carbocycles. The van der Waals surface area contributed by atoms with Crippen LogP contribution in [0, 0.1) is 0 Å². The lowest BCUT2D eigenvalue weighted by atomic mass is 9.81. The lowest BCUT2D eigenvalue weighted by Crippen LogP contribution is -2.62. The van der Waals surface area contributed by atoms with Crippen molar-refractivity contribution in [3.63, 3.8) is 0 Å². The number of rotatable bonds is 1. The maximum atomic E-state index is 12.8. The third kappa shape index (κ3) is 2.24. The summed E-state index contributed by atoms with van der Waals surface area (Å²) in [5, 5.41) is 7.81. The average Bonchev–Trinajstić information content (AvgIpc) is 2.75. The number of piperidine rings is 1. The molecule has 1 amide bonds. The van der Waals surface area contributed by atoms with Crippen LogP contribution in [0.1, 0.15) is 49.5 Å². The lowest BCUT2D eigenvalue weighted by molar-refractivity contribution is 0.0370. The Labute approximate surface area is 120 Å². The van der Waals surface area contributed by atoms with Gasteiger partial charge in [0.2, 0.25) is 0 Å². The maximum Gasteiger partial charge on any atom is 0.272 e. The predicted molar refractivity (Wildman–Crippen MR) is 77.5 cm³/mol. The van der Waals surface area contributed by atoms with Crippen molar-refractivity contribution in [3.05, 3.63) is 18.0 Å². The van der Waals surface area contributed by atoms with Gasteiger partial charge in [0.05, 0.1) is 0 Å². The van der Waals surface area contributed by atoms with E-state index in [0.29, 0.717) is 11.7 Å². The van der Waals surface area contributed by atoms with Gasteiger partial charge in [-0.25, -0.2) is 0 Å². The second-order valence-electron chi connectivity index (χ2n) is 6.30. The first-order chi connectivity index (χ1) is 9.62. The van der Waals surface area contributed by atoms with E-state index in [4.69, 9.17) is 0 Å². The highest BCUT2D eigenvalue weighted by Crippen LogP contribution is 2.33. The van der Waals surface area contributed by atoms with Crippen LogP contribution in [0.25, 0.3) is 0 Å². The zero-order valence-electron chi connectivity index (χ0n) is 12.4. The van der Waals surface area contributed by atoms with Crippen molar-refractivity contribution in [2.75, 3.05) is 13.1 Å². The van der Waals surface area contributed by atoms with Gasteiger partial charge in [0.15, 0.2) is 0 Å². The molecule has 0 aromatic carbocycles. The highest BCUT2D eigenvalue weighted by atomic mass is 16.2. The fourth-order valence-corrected chi connectivity index (χ4v) is 3.77. The number of nitrogens with one attached hydrogen (secondary N) is 1. The van der Waals surface area contributed by atoms with E-state index in [1.807, 2.05) is 13.1 Å². The molecular weight excluding hydrogens is 252 g/mol. The molecule has 2 atom stereocenters. The van der Waals surface area contributed by atoms with Crippen LogP contribution in [0.4, 0.5) is 0 Å². The number of aryl methyl sites for hydroxylation is 1. The third-order valence-corrected chi connectivity index (χ3v) is 4.94. The number of amides is 1. The molecule has 2 fully saturated rings. The van der Waals surface area contributed by atoms with Crippen LogP contribution in [0.5, 0.6) is 0 Å². The number of carbonyl (C=O) groups is 1. The molecule has 0 radical (unpaired) electrons. The van der Waals surface area contributed by atoms with E-state index in [1.54, 1.807) is 10.9 Å². The number of carbonyl (C=O) groups excluding carboxylic acids is 1. The zero-order valence-corrected chi connectivity index (χ0v) is 12.4. The average molecular weight is 276 g/mol. The second kappa shape index (κ2) is 5.20. The first-order valence-electron chi connectivity index (χ1n) is 7.66. The van der Waals surface area contributed by atoms with Crippen molar-refractivity contribution in [1.29, 1.82) is 0 Å². The Balaban J connectivity index is 1.88. The Morgan fingerprint density at radius 3 is 3.05 bits per heavy atom. The first kappa shape index (κ1) is 13.6. The molecule has 0 saturated carbocycles. The summed E-state index contributed by atoms with van der Waals surface area (Å²) in [5.74, 6) is 0.129. The fourth-order valence-electron chi connectivity index (χ4n) is 3.77. The van der Waals surface area contributed by atoms with Crippen molar-refractivity contribution in [2.24, 2.45) is 7.05 Å². The van der Waals surface area contributed by atoms with Gasteiger partial charge >= 0.3 is 0 Å². The molecular formula is C15H24N4O. The van der Waals surface area contributed by atoms with Crippen LogP contribution >= 0.6 is 0 Å². The van der Waals surface area contributed by atoms with E-state index in [-0.39, 0.29) is 11.4 Å². The SMILES string of the molecule is Cn1nccc1C(=O)N1CCC[C@]2(C)NCCCC[C@H]12. The zero-order chi connectivity index (χ0) is 14.2. The summed E-state index contributed by atoms with van der Waals surface area (Å²) < 4.78 is 1.68. The van der Waals surface area contributed by atoms with Crippen molar-refractivity contribution in [1.82, 2.24) is 20.0 Å². The molecule has 110 valence electrons. The first-order valence-corrected chi connectivity index (χ1v) is 7.66. The number of aromatic nitrogens is 2. The Morgan fingerprint density at radius 1 is 1.45 bits per heavy atom. The third-order valence-electron chi connectivity index (χ3n) is 4.94. The van der Waals surface area contributed by atoms with E-state index in [2.05, 4.69) is 22.2 Å². The van der Waals surface area contributed by atoms with Crippen molar-refractivity contribution in [2.45, 2.75) is 50.6 Å². The van der Waals surface area contributed by atoms with Gasteiger partial charge < -0.3 is 10.2 Å². The molecule has 0 unspecified atom stereocenters. The van der Waals surface area contributed by atoms with E-state index in [9.17, 15) is 4.79 Å². The molecule has 0 bridgehead atoms. The molecule has 1 N–H and O–H groups in total. The maximum absolute atomic E-state index is 12.8. The topological polar surface area (TPSA) is 50.2 Å². The number of nitrogens with zero attached hydrogens (tertiary/aromatic N) is 3. The quantitative estimate of drug-likeness (QED) is 0.847. The van der Waals surface area contributed by atoms with Crippen LogP contribution in [-0.2, 0) is 7.05 Å². The van der Waals surface area contributed by atoms with Crippen molar-refractivity contribution >= 4 is 5.91 Å². The lowest BCUT2D eigenvalue weighted by Gasteiger charge is -2.48. The Kier molecular flexibility index (Phi) is 3.54. The monoisotopic (exact) mass is 276 g/mol. The van der Waals surface area contributed by atoms with Gasteiger partial charge in [0.25, 0.3) is 5.91 Å². The number of hydrogen-bond acceptors (Lipinski definition) is 3. The van der Waals surface area contributed by atoms with Crippen LogP contribution in [0.3, 0.4) is 0 Å². The summed E-state index contributed by atoms with van der Waals surface area (Å²) in [7, 11) is 1.84. The number of likely N-dealkylation sites (tertiary alicyclic amines) is 1. The molecule has 5 nitrogen and oxygen atoms in total. The number of fused-ring (bicyclic) bond motifs is 1. The van der Waals surface area contributed by atoms with Gasteiger partial charge in [-0.2, -0.15) is 5.10 Å². The summed E-state index contributed by atoms with van der Waals surface area (Å²) in [6, 6.07) is 2.12. The Morgan fingerprint density at radius 2 is 2.30 bits per heavy atom. The van der Waals surface area contributed by atoms with Gasteiger partial charge in [-0.15, -0.1) is 0 Å². The molecule has 0 spiro atoms. The highest BCUT2D eigenvalue weighted by Gasteiger charge is 2.43. The summed E-state index contributed by atoms with van der Waals surface area (Å²) in [4.78, 5) is 14.9. The Bertz CT molecular complexity index is 498. The standard InChI is InChI=1S/C15H24N4O/c1-15-8-5-11-19(13(15)6-3-4-9-16-15)14(20)12-7-10-17-18(12)2/h7,10,13,16H,3-6,8-9,11H2,1-2H3/t13-,15-/m0/s1. The van der Waals surface area contributed by atoms with Crippen LogP contribution in [-0.4, -0.2) is 45.3 Å².